The Kier molecular flexibility index (Phi) is 3.90. The van der Waals surface area contributed by atoms with Gasteiger partial charge in [-0.3, -0.25) is 4.40 Å². The molecule has 0 aliphatic heterocycles. The lowest BCUT2D eigenvalue weighted by molar-refractivity contribution is 0.541. The fraction of sp³-hybridized carbons (Fsp3) is 0.250. The third kappa shape index (κ3) is 2.91. The van der Waals surface area contributed by atoms with Crippen LogP contribution in [-0.2, 0) is 6.54 Å². The van der Waals surface area contributed by atoms with E-state index in [1.54, 1.807) is 0 Å². The Morgan fingerprint density at radius 1 is 1.24 bits per heavy atom. The van der Waals surface area contributed by atoms with Crippen molar-refractivity contribution >= 4 is 17.2 Å². The number of halogens is 1. The number of benzene rings is 1. The number of nitrogens with one attached hydrogen (secondary N) is 1. The summed E-state index contributed by atoms with van der Waals surface area (Å²) in [5.41, 5.74) is 3.11. The Hall–Kier alpha value is -1.91. The highest BCUT2D eigenvalue weighted by Gasteiger charge is 2.12. The third-order valence-electron chi connectivity index (χ3n) is 3.58. The Balaban J connectivity index is 1.74. The van der Waals surface area contributed by atoms with Crippen LogP contribution in [0.25, 0.3) is 5.65 Å². The van der Waals surface area contributed by atoms with Gasteiger partial charge in [0.25, 0.3) is 0 Å². The molecule has 0 amide bonds. The Morgan fingerprint density at radius 2 is 2.10 bits per heavy atom. The van der Waals surface area contributed by atoms with Gasteiger partial charge in [-0.2, -0.15) is 0 Å². The molecule has 3 aromatic rings. The molecule has 5 heteroatoms. The zero-order chi connectivity index (χ0) is 14.8. The number of hydrogen-bond acceptors (Lipinski definition) is 3. The molecule has 1 atom stereocenters. The minimum absolute atomic E-state index is 0.0995. The molecule has 3 rings (SSSR count). The summed E-state index contributed by atoms with van der Waals surface area (Å²) in [7, 11) is 0. The smallest absolute Gasteiger partial charge is 0.160 e. The quantitative estimate of drug-likeness (QED) is 0.801. The van der Waals surface area contributed by atoms with Gasteiger partial charge in [0.1, 0.15) is 0 Å². The number of nitrogens with zero attached hydrogens (tertiary/aromatic N) is 3. The van der Waals surface area contributed by atoms with Crippen LogP contribution in [0.2, 0.25) is 5.02 Å². The lowest BCUT2D eigenvalue weighted by Gasteiger charge is -2.13. The molecule has 0 aliphatic rings. The average molecular weight is 301 g/mol. The molecule has 0 saturated carbocycles. The highest BCUT2D eigenvalue weighted by atomic mass is 35.5. The highest BCUT2D eigenvalue weighted by Crippen LogP contribution is 2.18. The van der Waals surface area contributed by atoms with E-state index >= 15 is 0 Å². The first-order valence-corrected chi connectivity index (χ1v) is 7.31. The minimum atomic E-state index is 0.0995. The van der Waals surface area contributed by atoms with E-state index in [4.69, 9.17) is 11.6 Å². The molecule has 1 aromatic carbocycles. The van der Waals surface area contributed by atoms with E-state index in [-0.39, 0.29) is 6.04 Å². The molecule has 0 aliphatic carbocycles. The van der Waals surface area contributed by atoms with Crippen molar-refractivity contribution in [3.05, 3.63) is 64.6 Å². The molecular formula is C16H17ClN4. The lowest BCUT2D eigenvalue weighted by atomic mass is 10.1. The number of aromatic nitrogens is 3. The number of fused-ring (bicyclic) bond motifs is 1. The van der Waals surface area contributed by atoms with Crippen molar-refractivity contribution in [2.45, 2.75) is 26.4 Å². The molecule has 2 heterocycles. The van der Waals surface area contributed by atoms with Crippen molar-refractivity contribution in [2.24, 2.45) is 0 Å². The van der Waals surface area contributed by atoms with Gasteiger partial charge in [-0.1, -0.05) is 29.8 Å². The largest absolute Gasteiger partial charge is 0.303 e. The van der Waals surface area contributed by atoms with Gasteiger partial charge in [0.05, 0.1) is 6.04 Å². The summed E-state index contributed by atoms with van der Waals surface area (Å²) in [6.07, 6.45) is 1.98. The van der Waals surface area contributed by atoms with Gasteiger partial charge in [0, 0.05) is 17.8 Å². The number of rotatable bonds is 4. The zero-order valence-corrected chi connectivity index (χ0v) is 12.8. The van der Waals surface area contributed by atoms with Gasteiger partial charge in [0.2, 0.25) is 0 Å². The van der Waals surface area contributed by atoms with Crippen LogP contribution >= 0.6 is 11.6 Å². The SMILES string of the molecule is Cc1ccc(CNC(C)c2nnc3ccccn23)cc1Cl. The van der Waals surface area contributed by atoms with E-state index < -0.39 is 0 Å². The molecular weight excluding hydrogens is 284 g/mol. The van der Waals surface area contributed by atoms with Crippen LogP contribution in [0.4, 0.5) is 0 Å². The molecule has 1 unspecified atom stereocenters. The van der Waals surface area contributed by atoms with Crippen molar-refractivity contribution in [3.8, 4) is 0 Å². The van der Waals surface area contributed by atoms with Crippen LogP contribution in [0.1, 0.15) is 29.9 Å². The summed E-state index contributed by atoms with van der Waals surface area (Å²) in [6, 6.07) is 12.1. The summed E-state index contributed by atoms with van der Waals surface area (Å²) in [5, 5.41) is 12.7. The Morgan fingerprint density at radius 3 is 2.90 bits per heavy atom. The average Bonchev–Trinajstić information content (AvgIpc) is 2.92. The fourth-order valence-corrected chi connectivity index (χ4v) is 2.47. The maximum absolute atomic E-state index is 6.15. The summed E-state index contributed by atoms with van der Waals surface area (Å²) in [6.45, 7) is 4.83. The van der Waals surface area contributed by atoms with Crippen molar-refractivity contribution in [3.63, 3.8) is 0 Å². The van der Waals surface area contributed by atoms with Crippen LogP contribution in [0, 0.1) is 6.92 Å². The summed E-state index contributed by atoms with van der Waals surface area (Å²) in [5.74, 6) is 0.906. The van der Waals surface area contributed by atoms with Crippen molar-refractivity contribution in [2.75, 3.05) is 0 Å². The van der Waals surface area contributed by atoms with Gasteiger partial charge in [-0.05, 0) is 43.2 Å². The van der Waals surface area contributed by atoms with E-state index in [9.17, 15) is 0 Å². The second-order valence-electron chi connectivity index (χ2n) is 5.17. The number of pyridine rings is 1. The van der Waals surface area contributed by atoms with E-state index in [0.29, 0.717) is 0 Å². The molecule has 0 spiro atoms. The van der Waals surface area contributed by atoms with Crippen LogP contribution in [0.3, 0.4) is 0 Å². The molecule has 21 heavy (non-hydrogen) atoms. The van der Waals surface area contributed by atoms with E-state index in [1.807, 2.05) is 47.9 Å². The second kappa shape index (κ2) is 5.84. The van der Waals surface area contributed by atoms with Crippen LogP contribution in [0.15, 0.2) is 42.6 Å². The maximum atomic E-state index is 6.15. The zero-order valence-electron chi connectivity index (χ0n) is 12.0. The van der Waals surface area contributed by atoms with Crippen molar-refractivity contribution in [1.29, 1.82) is 0 Å². The molecule has 1 N–H and O–H groups in total. The predicted molar refractivity (Wildman–Crippen MR) is 84.4 cm³/mol. The summed E-state index contributed by atoms with van der Waals surface area (Å²) in [4.78, 5) is 0. The Bertz CT molecular complexity index is 766. The van der Waals surface area contributed by atoms with E-state index in [0.717, 1.165) is 34.2 Å². The minimum Gasteiger partial charge on any atom is -0.303 e. The van der Waals surface area contributed by atoms with E-state index in [2.05, 4.69) is 28.5 Å². The predicted octanol–water partition coefficient (Wildman–Crippen LogP) is 3.54. The van der Waals surface area contributed by atoms with Crippen LogP contribution in [0.5, 0.6) is 0 Å². The highest BCUT2D eigenvalue weighted by molar-refractivity contribution is 6.31. The standard InChI is InChI=1S/C16H17ClN4/c1-11-6-7-13(9-14(11)17)10-18-12(2)16-20-19-15-5-3-4-8-21(15)16/h3-9,12,18H,10H2,1-2H3. The van der Waals surface area contributed by atoms with Crippen molar-refractivity contribution in [1.82, 2.24) is 19.9 Å². The van der Waals surface area contributed by atoms with Crippen LogP contribution in [-0.4, -0.2) is 14.6 Å². The third-order valence-corrected chi connectivity index (χ3v) is 3.98. The van der Waals surface area contributed by atoms with E-state index in [1.165, 1.54) is 0 Å². The van der Waals surface area contributed by atoms with Gasteiger partial charge in [0.15, 0.2) is 11.5 Å². The summed E-state index contributed by atoms with van der Waals surface area (Å²) < 4.78 is 2.00. The van der Waals surface area contributed by atoms with Gasteiger partial charge < -0.3 is 5.32 Å². The second-order valence-corrected chi connectivity index (χ2v) is 5.58. The first kappa shape index (κ1) is 14.0. The summed E-state index contributed by atoms with van der Waals surface area (Å²) >= 11 is 6.15. The molecule has 0 bridgehead atoms. The molecule has 0 saturated heterocycles. The maximum Gasteiger partial charge on any atom is 0.160 e. The number of aryl methyl sites for hydroxylation is 1. The number of hydrogen-bond donors (Lipinski definition) is 1. The first-order valence-electron chi connectivity index (χ1n) is 6.93. The monoisotopic (exact) mass is 300 g/mol. The van der Waals surface area contributed by atoms with Gasteiger partial charge in [-0.25, -0.2) is 0 Å². The fourth-order valence-electron chi connectivity index (χ4n) is 2.26. The van der Waals surface area contributed by atoms with Gasteiger partial charge in [-0.15, -0.1) is 10.2 Å². The molecule has 108 valence electrons. The van der Waals surface area contributed by atoms with Gasteiger partial charge >= 0.3 is 0 Å². The first-order chi connectivity index (χ1) is 10.1. The molecule has 0 fully saturated rings. The normalized spacial score (nSPS) is 12.7. The molecule has 4 nitrogen and oxygen atoms in total. The lowest BCUT2D eigenvalue weighted by Crippen LogP contribution is -2.20. The molecule has 0 radical (unpaired) electrons. The Labute approximate surface area is 128 Å². The molecule has 2 aromatic heterocycles. The van der Waals surface area contributed by atoms with Crippen LogP contribution < -0.4 is 5.32 Å². The topological polar surface area (TPSA) is 42.2 Å². The van der Waals surface area contributed by atoms with Crippen molar-refractivity contribution < 1.29 is 0 Å².